The van der Waals surface area contributed by atoms with Gasteiger partial charge in [-0.2, -0.15) is 0 Å². The van der Waals surface area contributed by atoms with Crippen LogP contribution in [0.3, 0.4) is 0 Å². The Balaban J connectivity index is 2.20. The summed E-state index contributed by atoms with van der Waals surface area (Å²) in [5.41, 5.74) is 6.01. The molecule has 1 rings (SSSR count). The zero-order chi connectivity index (χ0) is 11.3. The summed E-state index contributed by atoms with van der Waals surface area (Å²) in [6, 6.07) is 0.378. The van der Waals surface area contributed by atoms with Crippen LogP contribution in [0.2, 0.25) is 0 Å². The van der Waals surface area contributed by atoms with Crippen molar-refractivity contribution >= 4 is 0 Å². The first-order valence-electron chi connectivity index (χ1n) is 6.25. The van der Waals surface area contributed by atoms with Crippen LogP contribution < -0.4 is 5.73 Å². The Morgan fingerprint density at radius 2 is 1.87 bits per heavy atom. The van der Waals surface area contributed by atoms with Gasteiger partial charge in [-0.1, -0.05) is 13.3 Å². The predicted octanol–water partition coefficient (Wildman–Crippen LogP) is 1.61. The monoisotopic (exact) mass is 214 g/mol. The van der Waals surface area contributed by atoms with Crippen molar-refractivity contribution in [1.82, 2.24) is 4.90 Å². The molecule has 0 spiro atoms. The van der Waals surface area contributed by atoms with E-state index < -0.39 is 0 Å². The smallest absolute Gasteiger partial charge is 0.0678 e. The third kappa shape index (κ3) is 4.96. The lowest BCUT2D eigenvalue weighted by Gasteiger charge is -2.35. The van der Waals surface area contributed by atoms with Crippen LogP contribution in [0.4, 0.5) is 0 Å². The molecule has 0 aromatic heterocycles. The van der Waals surface area contributed by atoms with Gasteiger partial charge in [-0.3, -0.25) is 4.90 Å². The van der Waals surface area contributed by atoms with E-state index in [-0.39, 0.29) is 0 Å². The van der Waals surface area contributed by atoms with Gasteiger partial charge in [0, 0.05) is 19.1 Å². The summed E-state index contributed by atoms with van der Waals surface area (Å²) < 4.78 is 5.70. The zero-order valence-electron chi connectivity index (χ0n) is 10.4. The van der Waals surface area contributed by atoms with E-state index >= 15 is 0 Å². The lowest BCUT2D eigenvalue weighted by atomic mass is 10.1. The number of morpholine rings is 1. The van der Waals surface area contributed by atoms with E-state index in [0.29, 0.717) is 18.2 Å². The first kappa shape index (κ1) is 12.9. The molecule has 1 aliphatic heterocycles. The Bertz CT molecular complexity index is 165. The minimum Gasteiger partial charge on any atom is -0.373 e. The van der Waals surface area contributed by atoms with Gasteiger partial charge < -0.3 is 10.5 Å². The molecule has 0 radical (unpaired) electrons. The number of hydrogen-bond donors (Lipinski definition) is 1. The fourth-order valence-corrected chi connectivity index (χ4v) is 2.33. The van der Waals surface area contributed by atoms with Gasteiger partial charge in [-0.15, -0.1) is 0 Å². The third-order valence-corrected chi connectivity index (χ3v) is 2.97. The van der Waals surface area contributed by atoms with Crippen LogP contribution in [0.15, 0.2) is 0 Å². The molecule has 1 heterocycles. The molecule has 0 aromatic carbocycles. The Morgan fingerprint density at radius 3 is 2.40 bits per heavy atom. The van der Waals surface area contributed by atoms with Crippen LogP contribution in [0.5, 0.6) is 0 Å². The van der Waals surface area contributed by atoms with Gasteiger partial charge >= 0.3 is 0 Å². The van der Waals surface area contributed by atoms with Crippen molar-refractivity contribution in [2.45, 2.75) is 58.3 Å². The lowest BCUT2D eigenvalue weighted by molar-refractivity contribution is -0.0684. The van der Waals surface area contributed by atoms with Crippen molar-refractivity contribution in [3.63, 3.8) is 0 Å². The molecule has 3 unspecified atom stereocenters. The molecule has 1 saturated heterocycles. The van der Waals surface area contributed by atoms with Gasteiger partial charge in [-0.05, 0) is 33.2 Å². The highest BCUT2D eigenvalue weighted by atomic mass is 16.5. The van der Waals surface area contributed by atoms with E-state index in [9.17, 15) is 0 Å². The van der Waals surface area contributed by atoms with Crippen LogP contribution in [0.25, 0.3) is 0 Å². The Hall–Kier alpha value is -0.120. The maximum atomic E-state index is 6.01. The molecule has 2 N–H and O–H groups in total. The Morgan fingerprint density at radius 1 is 1.27 bits per heavy atom. The Labute approximate surface area is 94.0 Å². The van der Waals surface area contributed by atoms with Crippen molar-refractivity contribution in [2.75, 3.05) is 19.6 Å². The van der Waals surface area contributed by atoms with E-state index in [1.807, 2.05) is 0 Å². The fourth-order valence-electron chi connectivity index (χ4n) is 2.33. The van der Waals surface area contributed by atoms with Crippen LogP contribution in [-0.2, 0) is 4.74 Å². The van der Waals surface area contributed by atoms with Crippen molar-refractivity contribution in [3.8, 4) is 0 Å². The maximum Gasteiger partial charge on any atom is 0.0678 e. The number of ether oxygens (including phenoxy) is 1. The summed E-state index contributed by atoms with van der Waals surface area (Å²) in [6.07, 6.45) is 4.20. The maximum absolute atomic E-state index is 6.01. The number of rotatable bonds is 5. The highest BCUT2D eigenvalue weighted by Crippen LogP contribution is 2.11. The minimum absolute atomic E-state index is 0.371. The van der Waals surface area contributed by atoms with Gasteiger partial charge in [0.15, 0.2) is 0 Å². The van der Waals surface area contributed by atoms with Crippen molar-refractivity contribution < 1.29 is 4.74 Å². The predicted molar refractivity (Wildman–Crippen MR) is 63.9 cm³/mol. The number of nitrogens with two attached hydrogens (primary N) is 1. The normalized spacial score (nSPS) is 30.4. The molecular weight excluding hydrogens is 188 g/mol. The molecule has 3 heteroatoms. The van der Waals surface area contributed by atoms with Gasteiger partial charge in [-0.25, -0.2) is 0 Å². The van der Waals surface area contributed by atoms with Crippen LogP contribution in [-0.4, -0.2) is 42.8 Å². The summed E-state index contributed by atoms with van der Waals surface area (Å²) in [4.78, 5) is 2.48. The second-order valence-electron chi connectivity index (χ2n) is 4.85. The highest BCUT2D eigenvalue weighted by molar-refractivity contribution is 4.74. The zero-order valence-corrected chi connectivity index (χ0v) is 10.4. The third-order valence-electron chi connectivity index (χ3n) is 2.97. The second kappa shape index (κ2) is 6.46. The minimum atomic E-state index is 0.371. The van der Waals surface area contributed by atoms with Gasteiger partial charge in [0.1, 0.15) is 0 Å². The molecule has 3 nitrogen and oxygen atoms in total. The summed E-state index contributed by atoms with van der Waals surface area (Å²) in [5.74, 6) is 0. The molecule has 0 saturated carbocycles. The standard InChI is InChI=1S/C12H26N2O/c1-4-5-12(13)6-7-14-8-10(2)15-11(3)9-14/h10-12H,4-9,13H2,1-3H3. The molecule has 1 aliphatic rings. The molecule has 0 bridgehead atoms. The lowest BCUT2D eigenvalue weighted by Crippen LogP contribution is -2.46. The van der Waals surface area contributed by atoms with Crippen LogP contribution >= 0.6 is 0 Å². The highest BCUT2D eigenvalue weighted by Gasteiger charge is 2.21. The van der Waals surface area contributed by atoms with Crippen LogP contribution in [0.1, 0.15) is 40.0 Å². The summed E-state index contributed by atoms with van der Waals surface area (Å²) in [6.45, 7) is 9.73. The summed E-state index contributed by atoms with van der Waals surface area (Å²) >= 11 is 0. The van der Waals surface area contributed by atoms with Gasteiger partial charge in [0.25, 0.3) is 0 Å². The average Bonchev–Trinajstić information content (AvgIpc) is 2.14. The molecule has 3 atom stereocenters. The Kier molecular flexibility index (Phi) is 5.58. The molecule has 1 fully saturated rings. The molecule has 90 valence electrons. The molecular formula is C12H26N2O. The van der Waals surface area contributed by atoms with Crippen LogP contribution in [0, 0.1) is 0 Å². The van der Waals surface area contributed by atoms with Crippen molar-refractivity contribution in [3.05, 3.63) is 0 Å². The molecule has 0 amide bonds. The average molecular weight is 214 g/mol. The van der Waals surface area contributed by atoms with E-state index in [2.05, 4.69) is 25.7 Å². The van der Waals surface area contributed by atoms with Crippen molar-refractivity contribution in [2.24, 2.45) is 5.73 Å². The first-order valence-corrected chi connectivity index (χ1v) is 6.25. The van der Waals surface area contributed by atoms with E-state index in [1.165, 1.54) is 6.42 Å². The fraction of sp³-hybridized carbons (Fsp3) is 1.00. The quantitative estimate of drug-likeness (QED) is 0.755. The van der Waals surface area contributed by atoms with Crippen molar-refractivity contribution in [1.29, 1.82) is 0 Å². The summed E-state index contributed by atoms with van der Waals surface area (Å²) in [7, 11) is 0. The number of hydrogen-bond acceptors (Lipinski definition) is 3. The number of nitrogens with zero attached hydrogens (tertiary/aromatic N) is 1. The van der Waals surface area contributed by atoms with Gasteiger partial charge in [0.2, 0.25) is 0 Å². The molecule has 0 aromatic rings. The van der Waals surface area contributed by atoms with E-state index in [0.717, 1.165) is 32.5 Å². The topological polar surface area (TPSA) is 38.5 Å². The first-order chi connectivity index (χ1) is 7.11. The summed E-state index contributed by atoms with van der Waals surface area (Å²) in [5, 5.41) is 0. The SMILES string of the molecule is CCCC(N)CCN1CC(C)OC(C)C1. The molecule has 0 aliphatic carbocycles. The molecule has 15 heavy (non-hydrogen) atoms. The van der Waals surface area contributed by atoms with E-state index in [1.54, 1.807) is 0 Å². The van der Waals surface area contributed by atoms with Gasteiger partial charge in [0.05, 0.1) is 12.2 Å². The largest absolute Gasteiger partial charge is 0.373 e. The second-order valence-corrected chi connectivity index (χ2v) is 4.85. The van der Waals surface area contributed by atoms with E-state index in [4.69, 9.17) is 10.5 Å².